The van der Waals surface area contributed by atoms with Crippen molar-refractivity contribution in [3.05, 3.63) is 68.7 Å². The van der Waals surface area contributed by atoms with Gasteiger partial charge in [0, 0.05) is 11.1 Å². The molecule has 1 N–H and O–H groups in total. The van der Waals surface area contributed by atoms with Crippen molar-refractivity contribution in [2.75, 3.05) is 12.4 Å². The molecule has 25 heavy (non-hydrogen) atoms. The molecule has 0 aliphatic rings. The lowest BCUT2D eigenvalue weighted by Crippen LogP contribution is -2.14. The number of nitrogens with zero attached hydrogens (tertiary/aromatic N) is 2. The molecule has 0 bridgehead atoms. The van der Waals surface area contributed by atoms with E-state index < -0.39 is 10.8 Å². The van der Waals surface area contributed by atoms with Gasteiger partial charge in [0.25, 0.3) is 11.6 Å². The van der Waals surface area contributed by atoms with Gasteiger partial charge in [0.15, 0.2) is 0 Å². The third kappa shape index (κ3) is 4.56. The van der Waals surface area contributed by atoms with Crippen molar-refractivity contribution >= 4 is 35.0 Å². The predicted molar refractivity (Wildman–Crippen MR) is 93.3 cm³/mol. The Morgan fingerprint density at radius 1 is 1.32 bits per heavy atom. The summed E-state index contributed by atoms with van der Waals surface area (Å²) < 4.78 is 5.03. The van der Waals surface area contributed by atoms with Gasteiger partial charge < -0.3 is 10.1 Å². The van der Waals surface area contributed by atoms with Crippen molar-refractivity contribution in [3.63, 3.8) is 0 Å². The molecule has 2 aromatic carbocycles. The number of benzene rings is 2. The van der Waals surface area contributed by atoms with Crippen LogP contribution in [0.2, 0.25) is 5.02 Å². The van der Waals surface area contributed by atoms with Crippen LogP contribution in [0, 0.1) is 21.4 Å². The zero-order valence-electron chi connectivity index (χ0n) is 13.0. The van der Waals surface area contributed by atoms with Crippen molar-refractivity contribution in [1.82, 2.24) is 0 Å². The molecule has 0 unspecified atom stereocenters. The summed E-state index contributed by atoms with van der Waals surface area (Å²) in [7, 11) is 1.53. The molecule has 0 aliphatic heterocycles. The standard InChI is InChI=1S/C17H12ClN3O4/c1-25-14-5-2-11(3-6-14)8-12(10-19)17(22)20-15-7-4-13(18)9-16(15)21(23)24/h2-9H,1H3,(H,20,22)/b12-8-. The number of hydrogen-bond donors (Lipinski definition) is 1. The highest BCUT2D eigenvalue weighted by Gasteiger charge is 2.18. The normalized spacial score (nSPS) is 10.7. The fraction of sp³-hybridized carbons (Fsp3) is 0.0588. The molecule has 8 heteroatoms. The van der Waals surface area contributed by atoms with Gasteiger partial charge in [0.2, 0.25) is 0 Å². The first-order valence-corrected chi connectivity index (χ1v) is 7.33. The van der Waals surface area contributed by atoms with Gasteiger partial charge in [-0.15, -0.1) is 0 Å². The minimum absolute atomic E-state index is 0.0460. The maximum Gasteiger partial charge on any atom is 0.294 e. The number of methoxy groups -OCH3 is 1. The first-order valence-electron chi connectivity index (χ1n) is 6.95. The molecule has 0 saturated heterocycles. The number of nitriles is 1. The van der Waals surface area contributed by atoms with Crippen molar-refractivity contribution in [2.24, 2.45) is 0 Å². The Labute approximate surface area is 148 Å². The van der Waals surface area contributed by atoms with Crippen LogP contribution in [0.5, 0.6) is 5.75 Å². The van der Waals surface area contributed by atoms with Crippen LogP contribution in [0.15, 0.2) is 48.0 Å². The zero-order chi connectivity index (χ0) is 18.4. The van der Waals surface area contributed by atoms with E-state index in [1.54, 1.807) is 30.3 Å². The average molecular weight is 358 g/mol. The average Bonchev–Trinajstić information content (AvgIpc) is 2.61. The molecule has 0 aromatic heterocycles. The van der Waals surface area contributed by atoms with Crippen molar-refractivity contribution < 1.29 is 14.5 Å². The Morgan fingerprint density at radius 3 is 2.56 bits per heavy atom. The number of ether oxygens (including phenoxy) is 1. The monoisotopic (exact) mass is 357 g/mol. The van der Waals surface area contributed by atoms with Crippen LogP contribution < -0.4 is 10.1 Å². The van der Waals surface area contributed by atoms with Crippen LogP contribution in [0.4, 0.5) is 11.4 Å². The number of amides is 1. The van der Waals surface area contributed by atoms with Crippen molar-refractivity contribution in [3.8, 4) is 11.8 Å². The number of rotatable bonds is 5. The van der Waals surface area contributed by atoms with Gasteiger partial charge in [0.1, 0.15) is 23.1 Å². The molecular formula is C17H12ClN3O4. The number of nitro benzene ring substituents is 1. The lowest BCUT2D eigenvalue weighted by molar-refractivity contribution is -0.383. The highest BCUT2D eigenvalue weighted by Crippen LogP contribution is 2.28. The lowest BCUT2D eigenvalue weighted by atomic mass is 10.1. The largest absolute Gasteiger partial charge is 0.497 e. The van der Waals surface area contributed by atoms with E-state index in [1.165, 1.54) is 25.3 Å². The molecule has 7 nitrogen and oxygen atoms in total. The number of hydrogen-bond acceptors (Lipinski definition) is 5. The van der Waals surface area contributed by atoms with Crippen LogP contribution in [0.1, 0.15) is 5.56 Å². The quantitative estimate of drug-likeness (QED) is 0.379. The molecule has 0 spiro atoms. The van der Waals surface area contributed by atoms with E-state index in [4.69, 9.17) is 16.3 Å². The number of anilines is 1. The third-order valence-electron chi connectivity index (χ3n) is 3.20. The maximum absolute atomic E-state index is 12.2. The van der Waals surface area contributed by atoms with E-state index >= 15 is 0 Å². The second-order valence-electron chi connectivity index (χ2n) is 4.82. The highest BCUT2D eigenvalue weighted by molar-refractivity contribution is 6.31. The van der Waals surface area contributed by atoms with Crippen LogP contribution in [0.3, 0.4) is 0 Å². The van der Waals surface area contributed by atoms with Crippen molar-refractivity contribution in [2.45, 2.75) is 0 Å². The SMILES string of the molecule is COc1ccc(/C=C(/C#N)C(=O)Nc2ccc(Cl)cc2[N+](=O)[O-])cc1. The minimum Gasteiger partial charge on any atom is -0.497 e. The molecule has 0 radical (unpaired) electrons. The van der Waals surface area contributed by atoms with Crippen molar-refractivity contribution in [1.29, 1.82) is 5.26 Å². The summed E-state index contributed by atoms with van der Waals surface area (Å²) >= 11 is 5.73. The van der Waals surface area contributed by atoms with Gasteiger partial charge in [-0.25, -0.2) is 0 Å². The summed E-state index contributed by atoms with van der Waals surface area (Å²) in [5.41, 5.74) is 0.00499. The highest BCUT2D eigenvalue weighted by atomic mass is 35.5. The van der Waals surface area contributed by atoms with E-state index in [1.807, 2.05) is 0 Å². The molecule has 0 aliphatic carbocycles. The molecule has 1 amide bonds. The first kappa shape index (κ1) is 18.0. The summed E-state index contributed by atoms with van der Waals surface area (Å²) in [4.78, 5) is 22.6. The molecule has 0 heterocycles. The van der Waals surface area contributed by atoms with E-state index in [2.05, 4.69) is 5.32 Å². The number of halogens is 1. The van der Waals surface area contributed by atoms with Gasteiger partial charge in [-0.05, 0) is 35.9 Å². The molecule has 0 atom stereocenters. The Hall–Kier alpha value is -3.37. The number of nitro groups is 1. The minimum atomic E-state index is -0.760. The Balaban J connectivity index is 2.27. The van der Waals surface area contributed by atoms with E-state index in [0.29, 0.717) is 11.3 Å². The molecule has 0 fully saturated rings. The van der Waals surface area contributed by atoms with E-state index in [-0.39, 0.29) is 22.0 Å². The smallest absolute Gasteiger partial charge is 0.294 e. The van der Waals surface area contributed by atoms with Crippen LogP contribution >= 0.6 is 11.6 Å². The maximum atomic E-state index is 12.2. The Bertz CT molecular complexity index is 886. The number of carbonyl (C=O) groups is 1. The zero-order valence-corrected chi connectivity index (χ0v) is 13.8. The number of carbonyl (C=O) groups excluding carboxylic acids is 1. The van der Waals surface area contributed by atoms with Gasteiger partial charge in [-0.2, -0.15) is 5.26 Å². The van der Waals surface area contributed by atoms with Crippen LogP contribution in [0.25, 0.3) is 6.08 Å². The summed E-state index contributed by atoms with van der Waals surface area (Å²) in [6.45, 7) is 0. The molecule has 2 aromatic rings. The summed E-state index contributed by atoms with van der Waals surface area (Å²) in [6, 6.07) is 12.3. The third-order valence-corrected chi connectivity index (χ3v) is 3.43. The second kappa shape index (κ2) is 7.95. The Kier molecular flexibility index (Phi) is 5.71. The molecule has 126 valence electrons. The fourth-order valence-electron chi connectivity index (χ4n) is 1.97. The number of nitrogens with one attached hydrogen (secondary N) is 1. The molecule has 0 saturated carbocycles. The molecule has 2 rings (SSSR count). The lowest BCUT2D eigenvalue weighted by Gasteiger charge is -2.06. The van der Waals surface area contributed by atoms with Gasteiger partial charge >= 0.3 is 0 Å². The second-order valence-corrected chi connectivity index (χ2v) is 5.25. The van der Waals surface area contributed by atoms with Gasteiger partial charge in [-0.1, -0.05) is 23.7 Å². The van der Waals surface area contributed by atoms with Gasteiger partial charge in [0.05, 0.1) is 12.0 Å². The summed E-state index contributed by atoms with van der Waals surface area (Å²) in [5, 5.41) is 22.8. The molecular weight excluding hydrogens is 346 g/mol. The van der Waals surface area contributed by atoms with E-state index in [0.717, 1.165) is 6.07 Å². The predicted octanol–water partition coefficient (Wildman–Crippen LogP) is 3.80. The van der Waals surface area contributed by atoms with Gasteiger partial charge in [-0.3, -0.25) is 14.9 Å². The fourth-order valence-corrected chi connectivity index (χ4v) is 2.13. The first-order chi connectivity index (χ1) is 11.9. The summed E-state index contributed by atoms with van der Waals surface area (Å²) in [6.07, 6.45) is 1.37. The van der Waals surface area contributed by atoms with Crippen LogP contribution in [-0.2, 0) is 4.79 Å². The van der Waals surface area contributed by atoms with E-state index in [9.17, 15) is 20.2 Å². The topological polar surface area (TPSA) is 105 Å². The summed E-state index contributed by atoms with van der Waals surface area (Å²) in [5.74, 6) is -0.124. The Morgan fingerprint density at radius 2 is 2.00 bits per heavy atom. The van der Waals surface area contributed by atoms with Crippen LogP contribution in [-0.4, -0.2) is 17.9 Å².